The molecule has 2 aliphatic rings. The fraction of sp³-hybridized carbons (Fsp3) is 0.278. The van der Waals surface area contributed by atoms with Crippen molar-refractivity contribution in [2.75, 3.05) is 18.5 Å². The van der Waals surface area contributed by atoms with Crippen LogP contribution in [0.3, 0.4) is 0 Å². The zero-order chi connectivity index (χ0) is 18.2. The van der Waals surface area contributed by atoms with Crippen molar-refractivity contribution in [1.82, 2.24) is 25.4 Å². The highest BCUT2D eigenvalue weighted by Gasteiger charge is 2.22. The van der Waals surface area contributed by atoms with Gasteiger partial charge in [-0.25, -0.2) is 4.98 Å². The molecule has 1 saturated carbocycles. The van der Waals surface area contributed by atoms with Crippen molar-refractivity contribution in [1.29, 1.82) is 0 Å². The monoisotopic (exact) mass is 364 g/mol. The van der Waals surface area contributed by atoms with E-state index in [-0.39, 0.29) is 5.75 Å². The van der Waals surface area contributed by atoms with Crippen LogP contribution in [-0.2, 0) is 0 Å². The smallest absolute Gasteiger partial charge is 0.276 e. The Bertz CT molecular complexity index is 991. The molecule has 0 amide bonds. The lowest BCUT2D eigenvalue weighted by atomic mass is 10.1. The molecule has 2 aromatic heterocycles. The van der Waals surface area contributed by atoms with Crippen LogP contribution in [0.15, 0.2) is 30.5 Å². The molecule has 1 aliphatic heterocycles. The maximum atomic E-state index is 10.5. The van der Waals surface area contributed by atoms with Crippen LogP contribution in [0, 0.1) is 0 Å². The van der Waals surface area contributed by atoms with E-state index in [0.29, 0.717) is 59.3 Å². The largest absolute Gasteiger partial charge is 0.507 e. The normalized spacial score (nSPS) is 15.4. The lowest BCUT2D eigenvalue weighted by Gasteiger charge is -2.16. The topological polar surface area (TPSA) is 115 Å². The molecule has 9 nitrogen and oxygen atoms in total. The SMILES string of the molecule is Oc1cc(-c2cc3c(nn2)OCCO3)ccc1-c1cnc(NC2CC2)nn1. The highest BCUT2D eigenvalue weighted by Crippen LogP contribution is 2.34. The van der Waals surface area contributed by atoms with Crippen LogP contribution in [0.5, 0.6) is 17.4 Å². The predicted molar refractivity (Wildman–Crippen MR) is 95.6 cm³/mol. The number of hydrogen-bond donors (Lipinski definition) is 2. The van der Waals surface area contributed by atoms with Gasteiger partial charge < -0.3 is 19.9 Å². The Kier molecular flexibility index (Phi) is 3.70. The molecular weight excluding hydrogens is 348 g/mol. The van der Waals surface area contributed by atoms with Crippen molar-refractivity contribution in [3.63, 3.8) is 0 Å². The van der Waals surface area contributed by atoms with Gasteiger partial charge in [-0.05, 0) is 25.0 Å². The zero-order valence-corrected chi connectivity index (χ0v) is 14.3. The molecule has 0 bridgehead atoms. The third kappa shape index (κ3) is 3.19. The van der Waals surface area contributed by atoms with Crippen molar-refractivity contribution in [2.45, 2.75) is 18.9 Å². The van der Waals surface area contributed by atoms with E-state index in [9.17, 15) is 5.11 Å². The van der Waals surface area contributed by atoms with Gasteiger partial charge in [-0.2, -0.15) is 0 Å². The number of nitrogens with one attached hydrogen (secondary N) is 1. The second-order valence-electron chi connectivity index (χ2n) is 6.41. The van der Waals surface area contributed by atoms with Crippen LogP contribution in [-0.4, -0.2) is 49.7 Å². The Morgan fingerprint density at radius 1 is 0.963 bits per heavy atom. The second kappa shape index (κ2) is 6.35. The molecule has 1 aromatic carbocycles. The number of benzene rings is 1. The van der Waals surface area contributed by atoms with Crippen molar-refractivity contribution in [2.24, 2.45) is 0 Å². The van der Waals surface area contributed by atoms with Crippen LogP contribution in [0.1, 0.15) is 12.8 Å². The van der Waals surface area contributed by atoms with Gasteiger partial charge in [0.2, 0.25) is 5.95 Å². The highest BCUT2D eigenvalue weighted by atomic mass is 16.6. The van der Waals surface area contributed by atoms with Gasteiger partial charge >= 0.3 is 0 Å². The fourth-order valence-electron chi connectivity index (χ4n) is 2.78. The van der Waals surface area contributed by atoms with Gasteiger partial charge in [0.15, 0.2) is 5.75 Å². The number of nitrogens with zero attached hydrogens (tertiary/aromatic N) is 5. The molecule has 0 radical (unpaired) electrons. The van der Waals surface area contributed by atoms with Crippen LogP contribution >= 0.6 is 0 Å². The molecule has 0 unspecified atom stereocenters. The quantitative estimate of drug-likeness (QED) is 0.717. The maximum Gasteiger partial charge on any atom is 0.276 e. The summed E-state index contributed by atoms with van der Waals surface area (Å²) in [5, 5.41) is 30.0. The molecule has 136 valence electrons. The summed E-state index contributed by atoms with van der Waals surface area (Å²) in [5.74, 6) is 1.49. The summed E-state index contributed by atoms with van der Waals surface area (Å²) in [4.78, 5) is 4.26. The first-order valence-corrected chi connectivity index (χ1v) is 8.69. The number of anilines is 1. The number of aromatic nitrogens is 5. The number of rotatable bonds is 4. The number of aromatic hydroxyl groups is 1. The number of fused-ring (bicyclic) bond motifs is 1. The second-order valence-corrected chi connectivity index (χ2v) is 6.41. The Morgan fingerprint density at radius 2 is 1.81 bits per heavy atom. The van der Waals surface area contributed by atoms with E-state index in [1.54, 1.807) is 24.4 Å². The van der Waals surface area contributed by atoms with Crippen molar-refractivity contribution in [3.05, 3.63) is 30.5 Å². The van der Waals surface area contributed by atoms with Gasteiger partial charge in [0, 0.05) is 23.2 Å². The molecule has 5 rings (SSSR count). The Morgan fingerprint density at radius 3 is 2.59 bits per heavy atom. The Balaban J connectivity index is 1.41. The molecule has 0 atom stereocenters. The molecule has 1 fully saturated rings. The van der Waals surface area contributed by atoms with E-state index in [0.717, 1.165) is 12.8 Å². The van der Waals surface area contributed by atoms with Crippen LogP contribution < -0.4 is 14.8 Å². The number of phenols is 1. The summed E-state index contributed by atoms with van der Waals surface area (Å²) >= 11 is 0. The van der Waals surface area contributed by atoms with Crippen LogP contribution in [0.2, 0.25) is 0 Å². The summed E-state index contributed by atoms with van der Waals surface area (Å²) < 4.78 is 10.9. The predicted octanol–water partition coefficient (Wildman–Crippen LogP) is 2.05. The number of hydrogen-bond acceptors (Lipinski definition) is 9. The molecule has 0 spiro atoms. The van der Waals surface area contributed by atoms with E-state index in [1.165, 1.54) is 0 Å². The zero-order valence-electron chi connectivity index (χ0n) is 14.3. The summed E-state index contributed by atoms with van der Waals surface area (Å²) in [6.45, 7) is 0.931. The highest BCUT2D eigenvalue weighted by molar-refractivity contribution is 5.73. The minimum absolute atomic E-state index is 0.0585. The van der Waals surface area contributed by atoms with Gasteiger partial charge in [-0.3, -0.25) is 0 Å². The maximum absolute atomic E-state index is 10.5. The summed E-state index contributed by atoms with van der Waals surface area (Å²) in [6, 6.07) is 7.39. The standard InChI is InChI=1S/C18H16N6O3/c25-15-7-10(13-8-16-17(23-21-13)27-6-5-26-16)1-4-12(15)14-9-19-18(24-22-14)20-11-2-3-11/h1,4,7-9,11,25H,2-3,5-6H2,(H,19,20,24). The number of phenolic OH excluding ortho intramolecular Hbond substituents is 1. The van der Waals surface area contributed by atoms with E-state index >= 15 is 0 Å². The van der Waals surface area contributed by atoms with E-state index in [4.69, 9.17) is 9.47 Å². The van der Waals surface area contributed by atoms with Gasteiger partial charge in [0.05, 0.1) is 11.9 Å². The van der Waals surface area contributed by atoms with Crippen molar-refractivity contribution in [3.8, 4) is 39.9 Å². The summed E-state index contributed by atoms with van der Waals surface area (Å²) in [6.07, 6.45) is 3.86. The molecule has 3 aromatic rings. The molecule has 0 saturated heterocycles. The average molecular weight is 364 g/mol. The first-order valence-electron chi connectivity index (χ1n) is 8.69. The van der Waals surface area contributed by atoms with Gasteiger partial charge in [0.25, 0.3) is 5.88 Å². The van der Waals surface area contributed by atoms with E-state index in [2.05, 4.69) is 30.7 Å². The summed E-state index contributed by atoms with van der Waals surface area (Å²) in [7, 11) is 0. The van der Waals surface area contributed by atoms with Crippen molar-refractivity contribution >= 4 is 5.95 Å². The summed E-state index contributed by atoms with van der Waals surface area (Å²) in [5.41, 5.74) is 2.32. The lowest BCUT2D eigenvalue weighted by molar-refractivity contribution is 0.162. The minimum atomic E-state index is 0.0585. The van der Waals surface area contributed by atoms with Crippen LogP contribution in [0.25, 0.3) is 22.5 Å². The molecular formula is C18H16N6O3. The first-order chi connectivity index (χ1) is 13.3. The Labute approximate surface area is 154 Å². The third-order valence-corrected chi connectivity index (χ3v) is 4.35. The minimum Gasteiger partial charge on any atom is -0.507 e. The van der Waals surface area contributed by atoms with E-state index < -0.39 is 0 Å². The molecule has 3 heterocycles. The number of ether oxygens (including phenoxy) is 2. The molecule has 9 heteroatoms. The first kappa shape index (κ1) is 15.7. The molecule has 27 heavy (non-hydrogen) atoms. The average Bonchev–Trinajstić information content (AvgIpc) is 3.52. The lowest BCUT2D eigenvalue weighted by Crippen LogP contribution is -2.16. The van der Waals surface area contributed by atoms with Crippen LogP contribution in [0.4, 0.5) is 5.95 Å². The fourth-order valence-corrected chi connectivity index (χ4v) is 2.78. The third-order valence-electron chi connectivity index (χ3n) is 4.35. The Hall–Kier alpha value is -3.49. The van der Waals surface area contributed by atoms with Gasteiger partial charge in [0.1, 0.15) is 24.7 Å². The molecule has 1 aliphatic carbocycles. The van der Waals surface area contributed by atoms with E-state index in [1.807, 2.05) is 6.07 Å². The van der Waals surface area contributed by atoms with Crippen molar-refractivity contribution < 1.29 is 14.6 Å². The molecule has 2 N–H and O–H groups in total. The van der Waals surface area contributed by atoms with Gasteiger partial charge in [-0.1, -0.05) is 6.07 Å². The van der Waals surface area contributed by atoms with Gasteiger partial charge in [-0.15, -0.1) is 20.4 Å².